The molecule has 0 bridgehead atoms. The van der Waals surface area contributed by atoms with E-state index in [-0.39, 0.29) is 31.0 Å². The third-order valence-corrected chi connectivity index (χ3v) is 3.45. The number of nitro groups is 1. The molecular weight excluding hydrogens is 267 g/mol. The molecule has 1 heterocycles. The number of nitro benzene ring substituents is 1. The summed E-state index contributed by atoms with van der Waals surface area (Å²) in [6.07, 6.45) is -0.307. The smallest absolute Gasteiger partial charge is 0.274 e. The molecule has 0 radical (unpaired) electrons. The highest BCUT2D eigenvalue weighted by Gasteiger charge is 2.27. The van der Waals surface area contributed by atoms with Crippen LogP contribution in [0.3, 0.4) is 0 Å². The Morgan fingerprint density at radius 2 is 2.35 bits per heavy atom. The minimum Gasteiger partial charge on any atom is -0.394 e. The number of halogens is 1. The fraction of sp³-hybridized carbons (Fsp3) is 0.538. The quantitative estimate of drug-likeness (QED) is 0.666. The predicted molar refractivity (Wildman–Crippen MR) is 69.8 cm³/mol. The lowest BCUT2D eigenvalue weighted by atomic mass is 10.1. The van der Waals surface area contributed by atoms with Gasteiger partial charge in [0.05, 0.1) is 24.2 Å². The van der Waals surface area contributed by atoms with Crippen molar-refractivity contribution in [2.24, 2.45) is 0 Å². The van der Waals surface area contributed by atoms with Gasteiger partial charge < -0.3 is 9.84 Å². The Morgan fingerprint density at radius 1 is 1.60 bits per heavy atom. The molecule has 0 aromatic heterocycles. The van der Waals surface area contributed by atoms with Crippen molar-refractivity contribution in [1.82, 2.24) is 4.90 Å². The number of hydrogen-bond donors (Lipinski definition) is 1. The van der Waals surface area contributed by atoms with Crippen LogP contribution < -0.4 is 0 Å². The first-order valence-corrected chi connectivity index (χ1v) is 6.40. The van der Waals surface area contributed by atoms with Crippen LogP contribution in [0.2, 0.25) is 0 Å². The Bertz CT molecular complexity index is 497. The van der Waals surface area contributed by atoms with Crippen LogP contribution in [0.4, 0.5) is 10.1 Å². The van der Waals surface area contributed by atoms with E-state index in [1.165, 1.54) is 12.1 Å². The second kappa shape index (κ2) is 6.25. The van der Waals surface area contributed by atoms with Crippen LogP contribution >= 0.6 is 0 Å². The molecule has 1 aromatic carbocycles. The van der Waals surface area contributed by atoms with Gasteiger partial charge in [0.15, 0.2) is 0 Å². The second-order valence-corrected chi connectivity index (χ2v) is 4.95. The van der Waals surface area contributed by atoms with Gasteiger partial charge in [0.1, 0.15) is 5.82 Å². The second-order valence-electron chi connectivity index (χ2n) is 4.95. The SMILES string of the molecule is CC1COC(CO)CN1Cc1cc(F)ccc1[N+](=O)[O-]. The molecule has 6 nitrogen and oxygen atoms in total. The van der Waals surface area contributed by atoms with E-state index in [9.17, 15) is 14.5 Å². The molecule has 1 aromatic rings. The Morgan fingerprint density at radius 3 is 3.00 bits per heavy atom. The minimum absolute atomic E-state index is 0.0562. The third kappa shape index (κ3) is 3.30. The summed E-state index contributed by atoms with van der Waals surface area (Å²) < 4.78 is 18.7. The standard InChI is InChI=1S/C13H17FN2O4/c1-9-8-20-12(7-17)6-15(9)5-10-4-11(14)2-3-13(10)16(18)19/h2-4,9,12,17H,5-8H2,1H3. The van der Waals surface area contributed by atoms with E-state index >= 15 is 0 Å². The van der Waals surface area contributed by atoms with Crippen LogP contribution in [0, 0.1) is 15.9 Å². The zero-order valence-electron chi connectivity index (χ0n) is 11.2. The van der Waals surface area contributed by atoms with Crippen molar-refractivity contribution >= 4 is 5.69 Å². The van der Waals surface area contributed by atoms with Crippen LogP contribution in [0.1, 0.15) is 12.5 Å². The molecule has 0 aliphatic carbocycles. The molecule has 0 amide bonds. The molecule has 2 unspecified atom stereocenters. The summed E-state index contributed by atoms with van der Waals surface area (Å²) in [5, 5.41) is 20.1. The fourth-order valence-corrected chi connectivity index (χ4v) is 2.28. The van der Waals surface area contributed by atoms with Crippen LogP contribution in [0.5, 0.6) is 0 Å². The summed E-state index contributed by atoms with van der Waals surface area (Å²) in [5.41, 5.74) is 0.242. The van der Waals surface area contributed by atoms with E-state index in [2.05, 4.69) is 0 Å². The molecule has 110 valence electrons. The van der Waals surface area contributed by atoms with Crippen molar-refractivity contribution in [2.75, 3.05) is 19.8 Å². The van der Waals surface area contributed by atoms with Gasteiger partial charge in [-0.1, -0.05) is 0 Å². The number of hydrogen-bond acceptors (Lipinski definition) is 5. The molecule has 0 saturated carbocycles. The van der Waals surface area contributed by atoms with Crippen molar-refractivity contribution in [2.45, 2.75) is 25.6 Å². The summed E-state index contributed by atoms with van der Waals surface area (Å²) in [6.45, 7) is 2.99. The highest BCUT2D eigenvalue weighted by Crippen LogP contribution is 2.23. The average Bonchev–Trinajstić information content (AvgIpc) is 2.41. The monoisotopic (exact) mass is 284 g/mol. The zero-order chi connectivity index (χ0) is 14.7. The number of morpholine rings is 1. The summed E-state index contributed by atoms with van der Waals surface area (Å²) in [4.78, 5) is 12.4. The third-order valence-electron chi connectivity index (χ3n) is 3.45. The summed E-state index contributed by atoms with van der Waals surface area (Å²) in [5.74, 6) is -0.495. The van der Waals surface area contributed by atoms with Crippen molar-refractivity contribution in [3.05, 3.63) is 39.7 Å². The van der Waals surface area contributed by atoms with Gasteiger partial charge in [0.2, 0.25) is 0 Å². The number of nitrogens with zero attached hydrogens (tertiary/aromatic N) is 2. The zero-order valence-corrected chi connectivity index (χ0v) is 11.2. The molecule has 20 heavy (non-hydrogen) atoms. The lowest BCUT2D eigenvalue weighted by Gasteiger charge is -2.37. The lowest BCUT2D eigenvalue weighted by molar-refractivity contribution is -0.385. The molecule has 1 saturated heterocycles. The maximum Gasteiger partial charge on any atom is 0.274 e. The van der Waals surface area contributed by atoms with E-state index in [1.807, 2.05) is 11.8 Å². The van der Waals surface area contributed by atoms with Gasteiger partial charge in [0.25, 0.3) is 5.69 Å². The molecule has 1 N–H and O–H groups in total. The Hall–Kier alpha value is -1.57. The lowest BCUT2D eigenvalue weighted by Crippen LogP contribution is -2.48. The van der Waals surface area contributed by atoms with Crippen LogP contribution in [-0.2, 0) is 11.3 Å². The van der Waals surface area contributed by atoms with E-state index < -0.39 is 10.7 Å². The van der Waals surface area contributed by atoms with Gasteiger partial charge in [-0.15, -0.1) is 0 Å². The van der Waals surface area contributed by atoms with Gasteiger partial charge in [-0.05, 0) is 19.1 Å². The normalized spacial score (nSPS) is 23.8. The Balaban J connectivity index is 2.19. The van der Waals surface area contributed by atoms with Crippen LogP contribution in [0.25, 0.3) is 0 Å². The maximum atomic E-state index is 13.3. The van der Waals surface area contributed by atoms with Crippen LogP contribution in [-0.4, -0.2) is 46.8 Å². The van der Waals surface area contributed by atoms with Gasteiger partial charge in [-0.25, -0.2) is 4.39 Å². The van der Waals surface area contributed by atoms with Crippen molar-refractivity contribution in [3.8, 4) is 0 Å². The topological polar surface area (TPSA) is 75.8 Å². The van der Waals surface area contributed by atoms with Crippen LogP contribution in [0.15, 0.2) is 18.2 Å². The first kappa shape index (κ1) is 14.8. The Labute approximate surface area is 115 Å². The average molecular weight is 284 g/mol. The highest BCUT2D eigenvalue weighted by atomic mass is 19.1. The maximum absolute atomic E-state index is 13.3. The number of aliphatic hydroxyl groups is 1. The van der Waals surface area contributed by atoms with Crippen molar-refractivity contribution < 1.29 is 19.2 Å². The highest BCUT2D eigenvalue weighted by molar-refractivity contribution is 5.40. The van der Waals surface area contributed by atoms with Gasteiger partial charge in [0, 0.05) is 30.8 Å². The number of rotatable bonds is 4. The fourth-order valence-electron chi connectivity index (χ4n) is 2.28. The van der Waals surface area contributed by atoms with E-state index in [4.69, 9.17) is 9.84 Å². The molecular formula is C13H17FN2O4. The molecule has 1 fully saturated rings. The summed E-state index contributed by atoms with van der Waals surface area (Å²) in [7, 11) is 0. The van der Waals surface area contributed by atoms with Crippen molar-refractivity contribution in [3.63, 3.8) is 0 Å². The van der Waals surface area contributed by atoms with E-state index in [1.54, 1.807) is 0 Å². The summed E-state index contributed by atoms with van der Waals surface area (Å²) in [6, 6.07) is 3.51. The number of benzene rings is 1. The molecule has 1 aliphatic rings. The van der Waals surface area contributed by atoms with Gasteiger partial charge in [-0.3, -0.25) is 15.0 Å². The number of aliphatic hydroxyl groups excluding tert-OH is 1. The van der Waals surface area contributed by atoms with Gasteiger partial charge >= 0.3 is 0 Å². The Kier molecular flexibility index (Phi) is 4.64. The largest absolute Gasteiger partial charge is 0.394 e. The molecule has 2 atom stereocenters. The molecule has 0 spiro atoms. The molecule has 2 rings (SSSR count). The summed E-state index contributed by atoms with van der Waals surface area (Å²) >= 11 is 0. The first-order valence-electron chi connectivity index (χ1n) is 6.40. The van der Waals surface area contributed by atoms with Gasteiger partial charge in [-0.2, -0.15) is 0 Å². The van der Waals surface area contributed by atoms with Crippen molar-refractivity contribution in [1.29, 1.82) is 0 Å². The number of ether oxygens (including phenoxy) is 1. The molecule has 7 heteroatoms. The molecule has 1 aliphatic heterocycles. The first-order chi connectivity index (χ1) is 9.51. The van der Waals surface area contributed by atoms with E-state index in [0.717, 1.165) is 6.07 Å². The minimum atomic E-state index is -0.511. The van der Waals surface area contributed by atoms with E-state index in [0.29, 0.717) is 18.7 Å². The predicted octanol–water partition coefficient (Wildman–Crippen LogP) is 1.32.